The second-order valence-corrected chi connectivity index (χ2v) is 5.28. The third-order valence-corrected chi connectivity index (χ3v) is 3.48. The molecular weight excluding hydrogens is 308 g/mol. The van der Waals surface area contributed by atoms with Crippen molar-refractivity contribution in [1.29, 1.82) is 0 Å². The number of benzene rings is 1. The number of hydrazine groups is 1. The van der Waals surface area contributed by atoms with E-state index in [9.17, 15) is 0 Å². The summed E-state index contributed by atoms with van der Waals surface area (Å²) in [6.45, 7) is 3.55. The second-order valence-electron chi connectivity index (χ2n) is 4.36. The van der Waals surface area contributed by atoms with E-state index >= 15 is 0 Å². The maximum Gasteiger partial charge on any atom is 0.122 e. The van der Waals surface area contributed by atoms with Crippen LogP contribution in [0.2, 0.25) is 0 Å². The zero-order chi connectivity index (χ0) is 14.1. The SMILES string of the molecule is CCOCCCC(Cc1cc(Br)ccc1OC)NN. The zero-order valence-electron chi connectivity index (χ0n) is 11.6. The number of methoxy groups -OCH3 is 1. The fourth-order valence-corrected chi connectivity index (χ4v) is 2.40. The third kappa shape index (κ3) is 5.91. The van der Waals surface area contributed by atoms with Crippen LogP contribution in [-0.4, -0.2) is 26.4 Å². The summed E-state index contributed by atoms with van der Waals surface area (Å²) in [4.78, 5) is 0. The molecule has 0 aliphatic carbocycles. The summed E-state index contributed by atoms with van der Waals surface area (Å²) < 4.78 is 11.8. The molecule has 0 saturated heterocycles. The summed E-state index contributed by atoms with van der Waals surface area (Å²) in [6.07, 6.45) is 2.82. The van der Waals surface area contributed by atoms with Crippen LogP contribution in [-0.2, 0) is 11.2 Å². The molecule has 19 heavy (non-hydrogen) atoms. The Kier molecular flexibility index (Phi) is 8.05. The first-order valence-corrected chi connectivity index (χ1v) is 7.36. The number of rotatable bonds is 9. The van der Waals surface area contributed by atoms with Gasteiger partial charge in [-0.05, 0) is 49.9 Å². The van der Waals surface area contributed by atoms with Gasteiger partial charge in [-0.25, -0.2) is 0 Å². The first-order chi connectivity index (χ1) is 9.21. The van der Waals surface area contributed by atoms with Crippen LogP contribution in [0.4, 0.5) is 0 Å². The summed E-state index contributed by atoms with van der Waals surface area (Å²) in [7, 11) is 1.69. The van der Waals surface area contributed by atoms with Gasteiger partial charge in [0.2, 0.25) is 0 Å². The molecule has 1 unspecified atom stereocenters. The Morgan fingerprint density at radius 1 is 1.42 bits per heavy atom. The fraction of sp³-hybridized carbons (Fsp3) is 0.571. The van der Waals surface area contributed by atoms with Crippen molar-refractivity contribution in [3.63, 3.8) is 0 Å². The van der Waals surface area contributed by atoms with Crippen LogP contribution in [0.15, 0.2) is 22.7 Å². The van der Waals surface area contributed by atoms with Crippen LogP contribution < -0.4 is 16.0 Å². The summed E-state index contributed by atoms with van der Waals surface area (Å²) in [5, 5.41) is 0. The Morgan fingerprint density at radius 3 is 2.84 bits per heavy atom. The van der Waals surface area contributed by atoms with Gasteiger partial charge in [-0.2, -0.15) is 0 Å². The van der Waals surface area contributed by atoms with Gasteiger partial charge in [-0.1, -0.05) is 15.9 Å². The molecule has 1 aromatic carbocycles. The highest BCUT2D eigenvalue weighted by Gasteiger charge is 2.11. The highest BCUT2D eigenvalue weighted by atomic mass is 79.9. The Bertz CT molecular complexity index is 374. The molecule has 0 aromatic heterocycles. The minimum atomic E-state index is 0.226. The maximum absolute atomic E-state index is 5.62. The predicted octanol–water partition coefficient (Wildman–Crippen LogP) is 2.65. The molecule has 1 atom stereocenters. The fourth-order valence-electron chi connectivity index (χ4n) is 1.99. The van der Waals surface area contributed by atoms with Gasteiger partial charge >= 0.3 is 0 Å². The molecule has 1 aromatic rings. The number of hydrogen-bond donors (Lipinski definition) is 2. The van der Waals surface area contributed by atoms with E-state index in [-0.39, 0.29) is 6.04 Å². The first-order valence-electron chi connectivity index (χ1n) is 6.57. The molecule has 0 bridgehead atoms. The molecule has 5 heteroatoms. The molecule has 0 heterocycles. The predicted molar refractivity (Wildman–Crippen MR) is 81.2 cm³/mol. The smallest absolute Gasteiger partial charge is 0.122 e. The molecule has 108 valence electrons. The Balaban J connectivity index is 2.56. The summed E-state index contributed by atoms with van der Waals surface area (Å²) in [5.41, 5.74) is 4.02. The van der Waals surface area contributed by atoms with Gasteiger partial charge in [0.1, 0.15) is 5.75 Å². The number of hydrogen-bond acceptors (Lipinski definition) is 4. The number of nitrogens with one attached hydrogen (secondary N) is 1. The molecule has 0 fully saturated rings. The molecule has 4 nitrogen and oxygen atoms in total. The van der Waals surface area contributed by atoms with Crippen molar-refractivity contribution < 1.29 is 9.47 Å². The van der Waals surface area contributed by atoms with E-state index in [0.29, 0.717) is 0 Å². The Hall–Kier alpha value is -0.620. The second kappa shape index (κ2) is 9.31. The van der Waals surface area contributed by atoms with Crippen LogP contribution in [0.5, 0.6) is 5.75 Å². The monoisotopic (exact) mass is 330 g/mol. The van der Waals surface area contributed by atoms with Crippen molar-refractivity contribution in [1.82, 2.24) is 5.43 Å². The highest BCUT2D eigenvalue weighted by Crippen LogP contribution is 2.24. The third-order valence-electron chi connectivity index (χ3n) is 2.99. The van der Waals surface area contributed by atoms with Gasteiger partial charge in [0, 0.05) is 23.7 Å². The summed E-state index contributed by atoms with van der Waals surface area (Å²) in [5.74, 6) is 6.52. The van der Waals surface area contributed by atoms with Crippen molar-refractivity contribution in [2.75, 3.05) is 20.3 Å². The van der Waals surface area contributed by atoms with E-state index in [1.54, 1.807) is 7.11 Å². The van der Waals surface area contributed by atoms with Crippen molar-refractivity contribution in [2.45, 2.75) is 32.2 Å². The molecule has 0 amide bonds. The maximum atomic E-state index is 5.62. The molecule has 0 spiro atoms. The topological polar surface area (TPSA) is 56.5 Å². The summed E-state index contributed by atoms with van der Waals surface area (Å²) in [6, 6.07) is 6.24. The largest absolute Gasteiger partial charge is 0.496 e. The van der Waals surface area contributed by atoms with Gasteiger partial charge in [0.15, 0.2) is 0 Å². The molecule has 0 radical (unpaired) electrons. The average Bonchev–Trinajstić information content (AvgIpc) is 2.42. The summed E-state index contributed by atoms with van der Waals surface area (Å²) >= 11 is 3.48. The lowest BCUT2D eigenvalue weighted by atomic mass is 10.0. The van der Waals surface area contributed by atoms with Crippen molar-refractivity contribution in [3.05, 3.63) is 28.2 Å². The molecule has 0 saturated carbocycles. The number of ether oxygens (including phenoxy) is 2. The van der Waals surface area contributed by atoms with Crippen LogP contribution in [0.25, 0.3) is 0 Å². The van der Waals surface area contributed by atoms with Crippen molar-refractivity contribution in [2.24, 2.45) is 5.84 Å². The van der Waals surface area contributed by atoms with Crippen LogP contribution in [0, 0.1) is 0 Å². The van der Waals surface area contributed by atoms with Gasteiger partial charge in [0.05, 0.1) is 7.11 Å². The van der Waals surface area contributed by atoms with E-state index < -0.39 is 0 Å². The van der Waals surface area contributed by atoms with Gasteiger partial charge in [0.25, 0.3) is 0 Å². The van der Waals surface area contributed by atoms with E-state index in [1.165, 1.54) is 0 Å². The quantitative estimate of drug-likeness (QED) is 0.415. The lowest BCUT2D eigenvalue weighted by Crippen LogP contribution is -2.37. The zero-order valence-corrected chi connectivity index (χ0v) is 13.2. The molecular formula is C14H23BrN2O2. The number of nitrogens with two attached hydrogens (primary N) is 1. The van der Waals surface area contributed by atoms with E-state index in [2.05, 4.69) is 27.4 Å². The average molecular weight is 331 g/mol. The minimum absolute atomic E-state index is 0.226. The van der Waals surface area contributed by atoms with Crippen molar-refractivity contribution >= 4 is 15.9 Å². The van der Waals surface area contributed by atoms with E-state index in [1.807, 2.05) is 19.1 Å². The lowest BCUT2D eigenvalue weighted by Gasteiger charge is -2.17. The minimum Gasteiger partial charge on any atom is -0.496 e. The molecule has 0 aliphatic rings. The number of halogens is 1. The van der Waals surface area contributed by atoms with Crippen LogP contribution >= 0.6 is 15.9 Å². The van der Waals surface area contributed by atoms with Gasteiger partial charge in [-0.3, -0.25) is 11.3 Å². The highest BCUT2D eigenvalue weighted by molar-refractivity contribution is 9.10. The standard InChI is InChI=1S/C14H23BrN2O2/c1-3-19-8-4-5-13(17-16)10-11-9-12(15)6-7-14(11)18-2/h6-7,9,13,17H,3-5,8,10,16H2,1-2H3. The van der Waals surface area contributed by atoms with Gasteiger partial charge in [-0.15, -0.1) is 0 Å². The lowest BCUT2D eigenvalue weighted by molar-refractivity contribution is 0.140. The molecule has 1 rings (SSSR count). The normalized spacial score (nSPS) is 12.4. The van der Waals surface area contributed by atoms with E-state index in [4.69, 9.17) is 15.3 Å². The molecule has 0 aliphatic heterocycles. The Labute approximate surface area is 123 Å². The molecule has 3 N–H and O–H groups in total. The van der Waals surface area contributed by atoms with Crippen molar-refractivity contribution in [3.8, 4) is 5.75 Å². The Morgan fingerprint density at radius 2 is 2.21 bits per heavy atom. The van der Waals surface area contributed by atoms with Gasteiger partial charge < -0.3 is 9.47 Å². The van der Waals surface area contributed by atoms with Crippen LogP contribution in [0.3, 0.4) is 0 Å². The van der Waals surface area contributed by atoms with E-state index in [0.717, 1.165) is 48.3 Å². The van der Waals surface area contributed by atoms with Crippen LogP contribution in [0.1, 0.15) is 25.3 Å². The first kappa shape index (κ1) is 16.4.